The minimum absolute atomic E-state index is 0.0530. The molecule has 0 aromatic carbocycles. The largest absolute Gasteiger partial charge is 0.481 e. The molecule has 3 saturated heterocycles. The van der Waals surface area contributed by atoms with Gasteiger partial charge in [-0.3, -0.25) is 9.69 Å². The van der Waals surface area contributed by atoms with Gasteiger partial charge in [0, 0.05) is 23.9 Å². The summed E-state index contributed by atoms with van der Waals surface area (Å²) in [5.41, 5.74) is 0. The summed E-state index contributed by atoms with van der Waals surface area (Å²) < 4.78 is 0. The summed E-state index contributed by atoms with van der Waals surface area (Å²) in [7, 11) is 0. The van der Waals surface area contributed by atoms with Gasteiger partial charge in [-0.25, -0.2) is 0 Å². The second-order valence-corrected chi connectivity index (χ2v) is 6.54. The van der Waals surface area contributed by atoms with E-state index in [1.165, 1.54) is 12.2 Å². The highest BCUT2D eigenvalue weighted by Gasteiger charge is 2.57. The van der Waals surface area contributed by atoms with Gasteiger partial charge in [0.05, 0.1) is 5.92 Å². The Balaban J connectivity index is 1.73. The van der Waals surface area contributed by atoms with Crippen LogP contribution in [0, 0.1) is 11.8 Å². The first-order chi connectivity index (χ1) is 7.18. The lowest BCUT2D eigenvalue weighted by Gasteiger charge is -2.36. The van der Waals surface area contributed by atoms with E-state index in [-0.39, 0.29) is 5.92 Å². The molecular formula is C11H17NO2S. The Bertz CT molecular complexity index is 296. The maximum absolute atomic E-state index is 11.1. The topological polar surface area (TPSA) is 40.5 Å². The van der Waals surface area contributed by atoms with Crippen LogP contribution in [-0.2, 0) is 4.79 Å². The highest BCUT2D eigenvalue weighted by atomic mass is 32.2. The minimum Gasteiger partial charge on any atom is -0.481 e. The molecule has 2 bridgehead atoms. The molecule has 84 valence electrons. The summed E-state index contributed by atoms with van der Waals surface area (Å²) in [6.07, 6.45) is 2.38. The molecule has 1 saturated carbocycles. The van der Waals surface area contributed by atoms with Crippen molar-refractivity contribution in [1.82, 2.24) is 4.90 Å². The molecule has 15 heavy (non-hydrogen) atoms. The van der Waals surface area contributed by atoms with Gasteiger partial charge < -0.3 is 5.11 Å². The number of hydrogen-bond donors (Lipinski definition) is 1. The van der Waals surface area contributed by atoms with Gasteiger partial charge in [0.15, 0.2) is 0 Å². The molecule has 3 aliphatic heterocycles. The van der Waals surface area contributed by atoms with Crippen molar-refractivity contribution in [2.75, 3.05) is 12.3 Å². The van der Waals surface area contributed by atoms with Crippen LogP contribution in [-0.4, -0.2) is 45.6 Å². The molecule has 3 heterocycles. The Morgan fingerprint density at radius 1 is 1.47 bits per heavy atom. The van der Waals surface area contributed by atoms with E-state index >= 15 is 0 Å². The summed E-state index contributed by atoms with van der Waals surface area (Å²) in [5, 5.41) is 9.80. The van der Waals surface area contributed by atoms with E-state index in [1.807, 2.05) is 11.8 Å². The molecule has 4 heteroatoms. The first-order valence-corrected chi connectivity index (χ1v) is 6.83. The zero-order valence-electron chi connectivity index (χ0n) is 8.93. The number of carbonyl (C=O) groups is 1. The van der Waals surface area contributed by atoms with Gasteiger partial charge >= 0.3 is 5.97 Å². The van der Waals surface area contributed by atoms with Gasteiger partial charge in [-0.1, -0.05) is 6.92 Å². The van der Waals surface area contributed by atoms with E-state index in [2.05, 4.69) is 11.8 Å². The number of nitrogens with zero attached hydrogens (tertiary/aromatic N) is 1. The second kappa shape index (κ2) is 3.39. The molecule has 5 atom stereocenters. The molecule has 0 aromatic heterocycles. The average Bonchev–Trinajstić information content (AvgIpc) is 2.73. The van der Waals surface area contributed by atoms with Crippen LogP contribution in [0.1, 0.15) is 19.8 Å². The predicted octanol–water partition coefficient (Wildman–Crippen LogP) is 1.29. The molecule has 0 amide bonds. The summed E-state index contributed by atoms with van der Waals surface area (Å²) in [5.74, 6) is 1.07. The van der Waals surface area contributed by atoms with Crippen LogP contribution in [0.3, 0.4) is 0 Å². The lowest BCUT2D eigenvalue weighted by atomic mass is 9.74. The Hall–Kier alpha value is -0.220. The van der Waals surface area contributed by atoms with Crippen molar-refractivity contribution in [3.8, 4) is 0 Å². The normalized spacial score (nSPS) is 49.3. The molecule has 4 fully saturated rings. The van der Waals surface area contributed by atoms with Crippen LogP contribution in [0.15, 0.2) is 0 Å². The molecule has 4 rings (SSSR count). The van der Waals surface area contributed by atoms with Crippen LogP contribution in [0.2, 0.25) is 0 Å². The summed E-state index contributed by atoms with van der Waals surface area (Å²) in [4.78, 5) is 13.5. The van der Waals surface area contributed by atoms with E-state index in [1.54, 1.807) is 0 Å². The fourth-order valence-corrected chi connectivity index (χ4v) is 4.83. The van der Waals surface area contributed by atoms with Crippen molar-refractivity contribution in [3.63, 3.8) is 0 Å². The Morgan fingerprint density at radius 2 is 2.27 bits per heavy atom. The van der Waals surface area contributed by atoms with Crippen molar-refractivity contribution in [2.45, 2.75) is 37.1 Å². The third-order valence-corrected chi connectivity index (χ3v) is 5.70. The van der Waals surface area contributed by atoms with E-state index < -0.39 is 5.97 Å². The first-order valence-electron chi connectivity index (χ1n) is 5.78. The van der Waals surface area contributed by atoms with Gasteiger partial charge in [-0.15, -0.1) is 0 Å². The van der Waals surface area contributed by atoms with Crippen LogP contribution in [0.25, 0.3) is 0 Å². The number of aliphatic carboxylic acids is 1. The lowest BCUT2D eigenvalue weighted by Crippen LogP contribution is -2.47. The van der Waals surface area contributed by atoms with E-state index in [4.69, 9.17) is 5.11 Å². The molecule has 0 radical (unpaired) electrons. The Morgan fingerprint density at radius 3 is 2.80 bits per heavy atom. The minimum atomic E-state index is -0.572. The number of rotatable bonds is 2. The molecule has 1 aliphatic carbocycles. The summed E-state index contributed by atoms with van der Waals surface area (Å²) in [6, 6.07) is 1.01. The number of thioether (sulfide) groups is 1. The summed E-state index contributed by atoms with van der Waals surface area (Å²) >= 11 is 2.03. The van der Waals surface area contributed by atoms with Crippen molar-refractivity contribution in [3.05, 3.63) is 0 Å². The van der Waals surface area contributed by atoms with Gasteiger partial charge in [-0.05, 0) is 24.5 Å². The van der Waals surface area contributed by atoms with Crippen molar-refractivity contribution in [1.29, 1.82) is 0 Å². The first kappa shape index (κ1) is 9.97. The average molecular weight is 227 g/mol. The zero-order chi connectivity index (χ0) is 10.6. The van der Waals surface area contributed by atoms with Crippen LogP contribution < -0.4 is 0 Å². The molecule has 1 N–H and O–H groups in total. The smallest absolute Gasteiger partial charge is 0.308 e. The fraction of sp³-hybridized carbons (Fsp3) is 0.909. The maximum Gasteiger partial charge on any atom is 0.308 e. The summed E-state index contributed by atoms with van der Waals surface area (Å²) in [6.45, 7) is 3.32. The fourth-order valence-electron chi connectivity index (χ4n) is 3.56. The maximum atomic E-state index is 11.1. The van der Waals surface area contributed by atoms with E-state index in [0.717, 1.165) is 13.0 Å². The predicted molar refractivity (Wildman–Crippen MR) is 60.1 cm³/mol. The van der Waals surface area contributed by atoms with Gasteiger partial charge in [0.1, 0.15) is 0 Å². The van der Waals surface area contributed by atoms with Crippen molar-refractivity contribution < 1.29 is 9.90 Å². The lowest BCUT2D eigenvalue weighted by molar-refractivity contribution is -0.147. The monoisotopic (exact) mass is 227 g/mol. The molecule has 3 nitrogen and oxygen atoms in total. The van der Waals surface area contributed by atoms with Crippen molar-refractivity contribution in [2.24, 2.45) is 11.8 Å². The zero-order valence-corrected chi connectivity index (χ0v) is 9.74. The third-order valence-electron chi connectivity index (χ3n) is 4.39. The highest BCUT2D eigenvalue weighted by Crippen LogP contribution is 2.49. The highest BCUT2D eigenvalue weighted by molar-refractivity contribution is 8.00. The third kappa shape index (κ3) is 1.34. The van der Waals surface area contributed by atoms with Gasteiger partial charge in [0.25, 0.3) is 0 Å². The molecule has 5 unspecified atom stereocenters. The van der Waals surface area contributed by atoms with Crippen molar-refractivity contribution >= 4 is 17.7 Å². The molecular weight excluding hydrogens is 210 g/mol. The SMILES string of the molecule is CC1SCCC1N1CC2CC1C2C(=O)O. The van der Waals surface area contributed by atoms with Crippen LogP contribution in [0.4, 0.5) is 0 Å². The standard InChI is InChI=1S/C11H17NO2S/c1-6-8(2-3-15-6)12-5-7-4-9(12)10(7)11(13)14/h6-10H,2-5H2,1H3,(H,13,14). The quantitative estimate of drug-likeness (QED) is 0.771. The van der Waals surface area contributed by atoms with Crippen LogP contribution in [0.5, 0.6) is 0 Å². The Labute approximate surface area is 94.2 Å². The second-order valence-electron chi connectivity index (χ2n) is 5.06. The van der Waals surface area contributed by atoms with Crippen LogP contribution >= 0.6 is 11.8 Å². The number of carboxylic acid groups (broad SMARTS) is 1. The van der Waals surface area contributed by atoms with E-state index in [0.29, 0.717) is 23.3 Å². The number of hydrogen-bond acceptors (Lipinski definition) is 3. The molecule has 0 spiro atoms. The van der Waals surface area contributed by atoms with Gasteiger partial charge in [0.2, 0.25) is 0 Å². The molecule has 4 aliphatic rings. The van der Waals surface area contributed by atoms with E-state index in [9.17, 15) is 4.79 Å². The Kier molecular flexibility index (Phi) is 2.25. The molecule has 0 aromatic rings. The van der Waals surface area contributed by atoms with Gasteiger partial charge in [-0.2, -0.15) is 11.8 Å². The number of carboxylic acids is 1. The number of fused-ring (bicyclic) bond motifs is 1.